The molecule has 0 fully saturated rings. The van der Waals surface area contributed by atoms with E-state index in [9.17, 15) is 13.6 Å². The van der Waals surface area contributed by atoms with Gasteiger partial charge in [-0.1, -0.05) is 19.4 Å². The Hall–Kier alpha value is -2.51. The number of carbonyl (C=O) groups is 1. The number of carbonyl (C=O) groups excluding carboxylic acids is 1. The van der Waals surface area contributed by atoms with Crippen LogP contribution in [0.4, 0.5) is 13.6 Å². The third-order valence-electron chi connectivity index (χ3n) is 4.27. The Morgan fingerprint density at radius 1 is 1.36 bits per heavy atom. The van der Waals surface area contributed by atoms with Gasteiger partial charge in [0, 0.05) is 18.2 Å². The Morgan fingerprint density at radius 2 is 2.16 bits per heavy atom. The molecule has 3 rings (SSSR count). The summed E-state index contributed by atoms with van der Waals surface area (Å²) >= 11 is 0. The molecule has 2 amide bonds. The van der Waals surface area contributed by atoms with Crippen molar-refractivity contribution in [3.63, 3.8) is 0 Å². The van der Waals surface area contributed by atoms with Gasteiger partial charge < -0.3 is 10.2 Å². The average Bonchev–Trinajstić information content (AvgIpc) is 2.93. The molecule has 2 heterocycles. The number of benzene rings is 1. The summed E-state index contributed by atoms with van der Waals surface area (Å²) in [6.45, 7) is 5.20. The highest BCUT2D eigenvalue weighted by molar-refractivity contribution is 5.74. The molecule has 1 aromatic heterocycles. The number of aryl methyl sites for hydroxylation is 1. The summed E-state index contributed by atoms with van der Waals surface area (Å²) in [6, 6.07) is 2.66. The molecule has 6 nitrogen and oxygen atoms in total. The molecule has 1 aliphatic rings. The van der Waals surface area contributed by atoms with Crippen molar-refractivity contribution in [2.45, 2.75) is 45.8 Å². The Morgan fingerprint density at radius 3 is 2.88 bits per heavy atom. The minimum Gasteiger partial charge on any atom is -0.331 e. The van der Waals surface area contributed by atoms with Gasteiger partial charge in [-0.15, -0.1) is 0 Å². The third-order valence-corrected chi connectivity index (χ3v) is 4.27. The normalized spacial score (nSPS) is 15.0. The molecule has 0 aliphatic carbocycles. The van der Waals surface area contributed by atoms with E-state index in [1.807, 2.05) is 13.8 Å². The number of hydrogen-bond donors (Lipinski definition) is 1. The van der Waals surface area contributed by atoms with Crippen molar-refractivity contribution in [2.75, 3.05) is 6.54 Å². The van der Waals surface area contributed by atoms with Gasteiger partial charge in [-0.2, -0.15) is 5.10 Å². The first-order valence-corrected chi connectivity index (χ1v) is 8.38. The van der Waals surface area contributed by atoms with Crippen LogP contribution < -0.4 is 5.32 Å². The van der Waals surface area contributed by atoms with E-state index in [2.05, 4.69) is 15.4 Å². The maximum atomic E-state index is 14.1. The quantitative estimate of drug-likeness (QED) is 0.923. The second-order valence-corrected chi connectivity index (χ2v) is 6.18. The van der Waals surface area contributed by atoms with E-state index in [0.717, 1.165) is 18.3 Å². The van der Waals surface area contributed by atoms with Crippen LogP contribution in [0.15, 0.2) is 18.2 Å². The van der Waals surface area contributed by atoms with Crippen LogP contribution in [-0.2, 0) is 13.1 Å². The lowest BCUT2D eigenvalue weighted by Crippen LogP contribution is -2.45. The van der Waals surface area contributed by atoms with Crippen LogP contribution in [0.3, 0.4) is 0 Å². The maximum absolute atomic E-state index is 14.1. The van der Waals surface area contributed by atoms with Crippen LogP contribution in [0.25, 0.3) is 0 Å². The molecular formula is C17H21F2N5O. The summed E-state index contributed by atoms with van der Waals surface area (Å²) in [6.07, 6.45) is 1.33. The Balaban J connectivity index is 1.73. The van der Waals surface area contributed by atoms with Crippen LogP contribution in [0, 0.1) is 18.6 Å². The summed E-state index contributed by atoms with van der Waals surface area (Å²) in [5.74, 6) is 0.134. The predicted octanol–water partition coefficient (Wildman–Crippen LogP) is 2.93. The number of fused-ring (bicyclic) bond motifs is 1. The largest absolute Gasteiger partial charge is 0.331 e. The number of halogens is 2. The lowest BCUT2D eigenvalue weighted by atomic mass is 10.0. The van der Waals surface area contributed by atoms with Crippen LogP contribution >= 0.6 is 0 Å². The summed E-state index contributed by atoms with van der Waals surface area (Å²) in [4.78, 5) is 18.6. The van der Waals surface area contributed by atoms with Crippen molar-refractivity contribution in [2.24, 2.45) is 0 Å². The molecule has 1 aliphatic heterocycles. The zero-order chi connectivity index (χ0) is 18.0. The van der Waals surface area contributed by atoms with Gasteiger partial charge in [-0.05, 0) is 19.4 Å². The first kappa shape index (κ1) is 17.3. The van der Waals surface area contributed by atoms with E-state index in [1.54, 1.807) is 9.58 Å². The number of hydrogen-bond acceptors (Lipinski definition) is 3. The van der Waals surface area contributed by atoms with Crippen molar-refractivity contribution in [1.29, 1.82) is 0 Å². The number of rotatable bonds is 4. The molecule has 0 bridgehead atoms. The van der Waals surface area contributed by atoms with Gasteiger partial charge in [-0.25, -0.2) is 23.2 Å². The molecule has 0 radical (unpaired) electrons. The highest BCUT2D eigenvalue weighted by atomic mass is 19.1. The Bertz CT molecular complexity index is 776. The predicted molar refractivity (Wildman–Crippen MR) is 87.7 cm³/mol. The molecule has 1 atom stereocenters. The molecule has 0 saturated carbocycles. The standard InChI is InChI=1S/C17H21F2N5O/c1-3-4-15(13-6-5-12(18)9-14(13)19)21-17(25)23-7-8-24-16(10-23)20-11(2)22-24/h5-6,9,15H,3-4,7-8,10H2,1-2H3,(H,21,25)/t15-/m1/s1. The number of aromatic nitrogens is 3. The van der Waals surface area contributed by atoms with Crippen molar-refractivity contribution in [3.05, 3.63) is 47.0 Å². The van der Waals surface area contributed by atoms with E-state index in [-0.39, 0.29) is 6.03 Å². The second kappa shape index (κ2) is 7.16. The van der Waals surface area contributed by atoms with Crippen LogP contribution in [0.1, 0.15) is 43.0 Å². The SMILES string of the molecule is CCC[C@@H](NC(=O)N1CCn2nc(C)nc2C1)c1ccc(F)cc1F. The first-order valence-electron chi connectivity index (χ1n) is 8.38. The zero-order valence-electron chi connectivity index (χ0n) is 14.3. The lowest BCUT2D eigenvalue weighted by Gasteiger charge is -2.29. The minimum atomic E-state index is -0.646. The van der Waals surface area contributed by atoms with E-state index in [0.29, 0.717) is 37.4 Å². The topological polar surface area (TPSA) is 63.1 Å². The van der Waals surface area contributed by atoms with E-state index in [1.165, 1.54) is 12.1 Å². The first-order chi connectivity index (χ1) is 12.0. The summed E-state index contributed by atoms with van der Waals surface area (Å²) < 4.78 is 29.0. The zero-order valence-corrected chi connectivity index (χ0v) is 14.3. The fourth-order valence-corrected chi connectivity index (χ4v) is 3.05. The number of nitrogens with one attached hydrogen (secondary N) is 1. The fourth-order valence-electron chi connectivity index (χ4n) is 3.05. The summed E-state index contributed by atoms with van der Waals surface area (Å²) in [5, 5.41) is 7.13. The fraction of sp³-hybridized carbons (Fsp3) is 0.471. The molecule has 134 valence electrons. The summed E-state index contributed by atoms with van der Waals surface area (Å²) in [7, 11) is 0. The van der Waals surface area contributed by atoms with Gasteiger partial charge in [0.05, 0.1) is 19.1 Å². The number of amides is 2. The van der Waals surface area contributed by atoms with Gasteiger partial charge in [0.15, 0.2) is 0 Å². The van der Waals surface area contributed by atoms with Crippen molar-refractivity contribution in [3.8, 4) is 0 Å². The lowest BCUT2D eigenvalue weighted by molar-refractivity contribution is 0.175. The molecule has 0 spiro atoms. The molecule has 0 saturated heterocycles. The van der Waals surface area contributed by atoms with Crippen molar-refractivity contribution in [1.82, 2.24) is 25.0 Å². The maximum Gasteiger partial charge on any atom is 0.318 e. The smallest absolute Gasteiger partial charge is 0.318 e. The highest BCUT2D eigenvalue weighted by Crippen LogP contribution is 2.23. The van der Waals surface area contributed by atoms with Crippen molar-refractivity contribution >= 4 is 6.03 Å². The van der Waals surface area contributed by atoms with Gasteiger partial charge in [0.25, 0.3) is 0 Å². The third kappa shape index (κ3) is 3.78. The highest BCUT2D eigenvalue weighted by Gasteiger charge is 2.25. The van der Waals surface area contributed by atoms with Crippen LogP contribution in [0.5, 0.6) is 0 Å². The number of urea groups is 1. The van der Waals surface area contributed by atoms with Gasteiger partial charge in [-0.3, -0.25) is 0 Å². The van der Waals surface area contributed by atoms with Gasteiger partial charge >= 0.3 is 6.03 Å². The molecule has 1 N–H and O–H groups in total. The van der Waals surface area contributed by atoms with Crippen LogP contribution in [-0.4, -0.2) is 32.2 Å². The monoisotopic (exact) mass is 349 g/mol. The average molecular weight is 349 g/mol. The molecular weight excluding hydrogens is 328 g/mol. The molecule has 2 aromatic rings. The van der Waals surface area contributed by atoms with Gasteiger partial charge in [0.2, 0.25) is 0 Å². The van der Waals surface area contributed by atoms with E-state index < -0.39 is 17.7 Å². The van der Waals surface area contributed by atoms with Gasteiger partial charge in [0.1, 0.15) is 23.3 Å². The minimum absolute atomic E-state index is 0.283. The van der Waals surface area contributed by atoms with Crippen LogP contribution in [0.2, 0.25) is 0 Å². The Kier molecular flexibility index (Phi) is 4.96. The second-order valence-electron chi connectivity index (χ2n) is 6.18. The molecule has 0 unspecified atom stereocenters. The number of nitrogens with zero attached hydrogens (tertiary/aromatic N) is 4. The summed E-state index contributed by atoms with van der Waals surface area (Å²) in [5.41, 5.74) is 0.299. The molecule has 25 heavy (non-hydrogen) atoms. The molecule has 8 heteroatoms. The molecule has 1 aromatic carbocycles. The Labute approximate surface area is 144 Å². The van der Waals surface area contributed by atoms with E-state index >= 15 is 0 Å². The van der Waals surface area contributed by atoms with E-state index in [4.69, 9.17) is 0 Å². The van der Waals surface area contributed by atoms with Crippen molar-refractivity contribution < 1.29 is 13.6 Å².